The smallest absolute Gasteiger partial charge is 0.224 e. The second-order valence-corrected chi connectivity index (χ2v) is 5.90. The highest BCUT2D eigenvalue weighted by molar-refractivity contribution is 6.28. The summed E-state index contributed by atoms with van der Waals surface area (Å²) >= 11 is 6.09. The molecule has 3 rings (SSSR count). The van der Waals surface area contributed by atoms with E-state index in [0.29, 0.717) is 29.4 Å². The Morgan fingerprint density at radius 2 is 1.69 bits per heavy atom. The van der Waals surface area contributed by atoms with E-state index in [0.717, 1.165) is 23.2 Å². The number of nitrogens with zero attached hydrogens (tertiary/aromatic N) is 2. The molecule has 0 atom stereocenters. The van der Waals surface area contributed by atoms with Gasteiger partial charge in [0.2, 0.25) is 5.28 Å². The van der Waals surface area contributed by atoms with Crippen molar-refractivity contribution < 1.29 is 14.2 Å². The first kappa shape index (κ1) is 18.1. The third-order valence-corrected chi connectivity index (χ3v) is 3.93. The lowest BCUT2D eigenvalue weighted by molar-refractivity contribution is 0.317. The molecule has 1 N–H and O–H groups in total. The molecule has 0 spiro atoms. The zero-order valence-electron chi connectivity index (χ0n) is 14.9. The SMILES string of the molecule is CCCOc1ccc(Nc2nc(Cl)nc3cc(OC)c(OC)cc23)cc1. The normalized spacial score (nSPS) is 10.6. The van der Waals surface area contributed by atoms with Crippen LogP contribution in [0.25, 0.3) is 10.9 Å². The topological polar surface area (TPSA) is 65.5 Å². The summed E-state index contributed by atoms with van der Waals surface area (Å²) in [5.74, 6) is 2.59. The van der Waals surface area contributed by atoms with Crippen LogP contribution in [0.2, 0.25) is 5.28 Å². The predicted octanol–water partition coefficient (Wildman–Crippen LogP) is 4.83. The summed E-state index contributed by atoms with van der Waals surface area (Å²) in [6.07, 6.45) is 0.969. The molecule has 0 unspecified atom stereocenters. The highest BCUT2D eigenvalue weighted by atomic mass is 35.5. The van der Waals surface area contributed by atoms with Crippen LogP contribution in [-0.4, -0.2) is 30.8 Å². The fourth-order valence-electron chi connectivity index (χ4n) is 2.51. The van der Waals surface area contributed by atoms with Crippen molar-refractivity contribution in [3.05, 3.63) is 41.7 Å². The van der Waals surface area contributed by atoms with Gasteiger partial charge in [-0.2, -0.15) is 4.98 Å². The van der Waals surface area contributed by atoms with Crippen molar-refractivity contribution in [1.82, 2.24) is 9.97 Å². The molecule has 0 amide bonds. The Kier molecular flexibility index (Phi) is 5.63. The largest absolute Gasteiger partial charge is 0.494 e. The molecule has 1 aromatic heterocycles. The minimum absolute atomic E-state index is 0.148. The molecule has 0 radical (unpaired) electrons. The molecule has 0 saturated heterocycles. The maximum atomic E-state index is 6.09. The summed E-state index contributed by atoms with van der Waals surface area (Å²) in [7, 11) is 3.16. The van der Waals surface area contributed by atoms with Crippen LogP contribution in [0.1, 0.15) is 13.3 Å². The molecule has 2 aromatic carbocycles. The van der Waals surface area contributed by atoms with Gasteiger partial charge in [0.25, 0.3) is 0 Å². The third-order valence-electron chi connectivity index (χ3n) is 3.76. The fraction of sp³-hybridized carbons (Fsp3) is 0.263. The number of rotatable bonds is 7. The van der Waals surface area contributed by atoms with Crippen LogP contribution >= 0.6 is 11.6 Å². The number of nitrogens with one attached hydrogen (secondary N) is 1. The fourth-order valence-corrected chi connectivity index (χ4v) is 2.69. The number of fused-ring (bicyclic) bond motifs is 1. The zero-order chi connectivity index (χ0) is 18.5. The Bertz CT molecular complexity index is 901. The summed E-state index contributed by atoms with van der Waals surface area (Å²) in [5, 5.41) is 4.20. The molecule has 7 heteroatoms. The van der Waals surface area contributed by atoms with Crippen molar-refractivity contribution in [3.63, 3.8) is 0 Å². The minimum Gasteiger partial charge on any atom is -0.494 e. The molecule has 26 heavy (non-hydrogen) atoms. The van der Waals surface area contributed by atoms with Crippen LogP contribution in [0.4, 0.5) is 11.5 Å². The Hall–Kier alpha value is -2.73. The Morgan fingerprint density at radius 1 is 1.00 bits per heavy atom. The summed E-state index contributed by atoms with van der Waals surface area (Å²) in [4.78, 5) is 8.58. The number of anilines is 2. The number of hydrogen-bond donors (Lipinski definition) is 1. The first-order valence-corrected chi connectivity index (χ1v) is 8.61. The van der Waals surface area contributed by atoms with Gasteiger partial charge in [0, 0.05) is 17.1 Å². The van der Waals surface area contributed by atoms with Crippen LogP contribution < -0.4 is 19.5 Å². The average molecular weight is 374 g/mol. The van der Waals surface area contributed by atoms with Crippen LogP contribution in [0.3, 0.4) is 0 Å². The van der Waals surface area contributed by atoms with E-state index in [2.05, 4.69) is 22.2 Å². The molecule has 0 saturated carbocycles. The van der Waals surface area contributed by atoms with Crippen LogP contribution in [0.5, 0.6) is 17.2 Å². The number of hydrogen-bond acceptors (Lipinski definition) is 6. The van der Waals surface area contributed by atoms with E-state index in [4.69, 9.17) is 25.8 Å². The molecule has 6 nitrogen and oxygen atoms in total. The van der Waals surface area contributed by atoms with E-state index in [-0.39, 0.29) is 5.28 Å². The molecule has 1 heterocycles. The van der Waals surface area contributed by atoms with Gasteiger partial charge in [-0.1, -0.05) is 6.92 Å². The first-order chi connectivity index (χ1) is 12.6. The lowest BCUT2D eigenvalue weighted by Gasteiger charge is -2.13. The molecular weight excluding hydrogens is 354 g/mol. The van der Waals surface area contributed by atoms with Crippen molar-refractivity contribution >= 4 is 34.0 Å². The Labute approximate surface area is 157 Å². The van der Waals surface area contributed by atoms with Crippen molar-refractivity contribution in [2.24, 2.45) is 0 Å². The van der Waals surface area contributed by atoms with Gasteiger partial charge in [-0.25, -0.2) is 4.98 Å². The molecular formula is C19H20ClN3O3. The van der Waals surface area contributed by atoms with Gasteiger partial charge in [0.05, 0.1) is 26.3 Å². The van der Waals surface area contributed by atoms with E-state index in [1.165, 1.54) is 0 Å². The molecule has 136 valence electrons. The number of halogens is 1. The maximum absolute atomic E-state index is 6.09. The van der Waals surface area contributed by atoms with Gasteiger partial charge in [0.1, 0.15) is 11.6 Å². The van der Waals surface area contributed by atoms with Crippen molar-refractivity contribution in [2.75, 3.05) is 26.1 Å². The van der Waals surface area contributed by atoms with Gasteiger partial charge < -0.3 is 19.5 Å². The number of methoxy groups -OCH3 is 2. The van der Waals surface area contributed by atoms with E-state index >= 15 is 0 Å². The highest BCUT2D eigenvalue weighted by Crippen LogP contribution is 2.35. The number of aromatic nitrogens is 2. The van der Waals surface area contributed by atoms with Crippen molar-refractivity contribution in [2.45, 2.75) is 13.3 Å². The first-order valence-electron chi connectivity index (χ1n) is 8.23. The van der Waals surface area contributed by atoms with Gasteiger partial charge in [-0.15, -0.1) is 0 Å². The average Bonchev–Trinajstić information content (AvgIpc) is 2.66. The van der Waals surface area contributed by atoms with E-state index < -0.39 is 0 Å². The van der Waals surface area contributed by atoms with Crippen molar-refractivity contribution in [1.29, 1.82) is 0 Å². The van der Waals surface area contributed by atoms with Gasteiger partial charge in [0.15, 0.2) is 11.5 Å². The van der Waals surface area contributed by atoms with Gasteiger partial charge >= 0.3 is 0 Å². The van der Waals surface area contributed by atoms with Crippen molar-refractivity contribution in [3.8, 4) is 17.2 Å². The summed E-state index contributed by atoms with van der Waals surface area (Å²) in [6.45, 7) is 2.77. The summed E-state index contributed by atoms with van der Waals surface area (Å²) in [5.41, 5.74) is 1.52. The molecule has 0 aliphatic rings. The van der Waals surface area contributed by atoms with Gasteiger partial charge in [-0.05, 0) is 48.4 Å². The lowest BCUT2D eigenvalue weighted by Crippen LogP contribution is -1.99. The summed E-state index contributed by atoms with van der Waals surface area (Å²) in [6, 6.07) is 11.3. The second kappa shape index (κ2) is 8.10. The van der Waals surface area contributed by atoms with E-state index in [9.17, 15) is 0 Å². The number of ether oxygens (including phenoxy) is 3. The Morgan fingerprint density at radius 3 is 2.35 bits per heavy atom. The molecule has 0 fully saturated rings. The molecule has 0 aliphatic heterocycles. The summed E-state index contributed by atoms with van der Waals surface area (Å²) < 4.78 is 16.3. The molecule has 0 bridgehead atoms. The lowest BCUT2D eigenvalue weighted by atomic mass is 10.2. The van der Waals surface area contributed by atoms with E-state index in [1.807, 2.05) is 30.3 Å². The monoisotopic (exact) mass is 373 g/mol. The quantitative estimate of drug-likeness (QED) is 0.598. The predicted molar refractivity (Wildman–Crippen MR) is 103 cm³/mol. The zero-order valence-corrected chi connectivity index (χ0v) is 15.6. The molecule has 3 aromatic rings. The maximum Gasteiger partial charge on any atom is 0.224 e. The number of benzene rings is 2. The molecule has 0 aliphatic carbocycles. The highest BCUT2D eigenvalue weighted by Gasteiger charge is 2.13. The minimum atomic E-state index is 0.148. The Balaban J connectivity index is 1.96. The van der Waals surface area contributed by atoms with Crippen LogP contribution in [0, 0.1) is 0 Å². The van der Waals surface area contributed by atoms with Crippen LogP contribution in [0.15, 0.2) is 36.4 Å². The third kappa shape index (κ3) is 3.91. The second-order valence-electron chi connectivity index (χ2n) is 5.56. The van der Waals surface area contributed by atoms with Gasteiger partial charge in [-0.3, -0.25) is 0 Å². The van der Waals surface area contributed by atoms with E-state index in [1.54, 1.807) is 20.3 Å². The standard InChI is InChI=1S/C19H20ClN3O3/c1-4-9-26-13-7-5-12(6-8-13)21-18-14-10-16(24-2)17(25-3)11-15(14)22-19(20)23-18/h5-8,10-11H,4,9H2,1-3H3,(H,21,22,23). The van der Waals surface area contributed by atoms with Crippen LogP contribution in [-0.2, 0) is 0 Å².